The predicted molar refractivity (Wildman–Crippen MR) is 109 cm³/mol. The van der Waals surface area contributed by atoms with Gasteiger partial charge in [0.1, 0.15) is 5.82 Å². The van der Waals surface area contributed by atoms with Gasteiger partial charge in [0.15, 0.2) is 0 Å². The molecule has 27 heavy (non-hydrogen) atoms. The number of nitrogens with zero attached hydrogens (tertiary/aromatic N) is 1. The van der Waals surface area contributed by atoms with Crippen molar-refractivity contribution < 1.29 is 9.18 Å². The fraction of sp³-hybridized carbons (Fsp3) is 0.0870. The number of aryl methyl sites for hydroxylation is 1. The molecule has 0 bridgehead atoms. The third kappa shape index (κ3) is 3.67. The predicted octanol–water partition coefficient (Wildman–Crippen LogP) is 5.81. The summed E-state index contributed by atoms with van der Waals surface area (Å²) in [5.74, 6) is -0.410. The lowest BCUT2D eigenvalue weighted by atomic mass is 10.1. The number of hydrogen-bond acceptors (Lipinski definition) is 2. The van der Waals surface area contributed by atoms with Crippen LogP contribution in [0.5, 0.6) is 0 Å². The maximum absolute atomic E-state index is 14.2. The standard InChI is InChI=1S/C23H18FNOS/c1-16-10-12-17(13-11-16)14-22-23(26)25(15-18-6-2-3-7-19(18)24)20-8-4-5-9-21(20)27-22/h2-14H,15H2,1H3/b22-14-. The zero-order valence-corrected chi connectivity index (χ0v) is 15.7. The quantitative estimate of drug-likeness (QED) is 0.538. The van der Waals surface area contributed by atoms with E-state index in [9.17, 15) is 9.18 Å². The first-order valence-corrected chi connectivity index (χ1v) is 9.54. The first kappa shape index (κ1) is 17.6. The highest BCUT2D eigenvalue weighted by Gasteiger charge is 2.29. The van der Waals surface area contributed by atoms with Crippen molar-refractivity contribution in [2.24, 2.45) is 0 Å². The van der Waals surface area contributed by atoms with E-state index in [1.165, 1.54) is 23.4 Å². The number of carbonyl (C=O) groups excluding carboxylic acids is 1. The van der Waals surface area contributed by atoms with Gasteiger partial charge in [-0.1, -0.05) is 71.9 Å². The Hall–Kier alpha value is -2.85. The minimum absolute atomic E-state index is 0.109. The lowest BCUT2D eigenvalue weighted by Gasteiger charge is -2.30. The summed E-state index contributed by atoms with van der Waals surface area (Å²) in [6.07, 6.45) is 1.90. The molecule has 4 rings (SSSR count). The molecule has 134 valence electrons. The van der Waals surface area contributed by atoms with Gasteiger partial charge in [0.25, 0.3) is 5.91 Å². The first-order chi connectivity index (χ1) is 13.1. The van der Waals surface area contributed by atoms with Crippen LogP contribution in [0.1, 0.15) is 16.7 Å². The summed E-state index contributed by atoms with van der Waals surface area (Å²) in [5.41, 5.74) is 3.46. The molecule has 1 aliphatic heterocycles. The second-order valence-electron chi connectivity index (χ2n) is 6.47. The molecule has 3 aromatic rings. The Morgan fingerprint density at radius 3 is 2.44 bits per heavy atom. The number of thioether (sulfide) groups is 1. The van der Waals surface area contributed by atoms with E-state index in [1.807, 2.05) is 61.5 Å². The fourth-order valence-electron chi connectivity index (χ4n) is 3.03. The summed E-state index contributed by atoms with van der Waals surface area (Å²) >= 11 is 1.46. The molecule has 0 aromatic heterocycles. The summed E-state index contributed by atoms with van der Waals surface area (Å²) in [6, 6.07) is 22.4. The molecular weight excluding hydrogens is 357 g/mol. The Balaban J connectivity index is 1.74. The van der Waals surface area contributed by atoms with Gasteiger partial charge in [-0.2, -0.15) is 0 Å². The molecule has 1 aliphatic rings. The van der Waals surface area contributed by atoms with E-state index in [1.54, 1.807) is 23.1 Å². The van der Waals surface area contributed by atoms with Crippen LogP contribution in [-0.4, -0.2) is 5.91 Å². The van der Waals surface area contributed by atoms with Crippen molar-refractivity contribution in [3.8, 4) is 0 Å². The van der Waals surface area contributed by atoms with Crippen LogP contribution in [0.4, 0.5) is 10.1 Å². The van der Waals surface area contributed by atoms with Gasteiger partial charge in [-0.3, -0.25) is 4.79 Å². The number of fused-ring (bicyclic) bond motifs is 1. The van der Waals surface area contributed by atoms with Gasteiger partial charge >= 0.3 is 0 Å². The van der Waals surface area contributed by atoms with Gasteiger partial charge < -0.3 is 4.90 Å². The number of amides is 1. The largest absolute Gasteiger partial charge is 0.302 e. The average molecular weight is 375 g/mol. The van der Waals surface area contributed by atoms with Crippen LogP contribution in [0.15, 0.2) is 82.6 Å². The Labute approximate surface area is 162 Å². The second kappa shape index (κ2) is 7.41. The third-order valence-electron chi connectivity index (χ3n) is 4.49. The molecule has 0 radical (unpaired) electrons. The number of halogens is 1. The summed E-state index contributed by atoms with van der Waals surface area (Å²) in [6.45, 7) is 2.23. The van der Waals surface area contributed by atoms with Crippen molar-refractivity contribution in [2.75, 3.05) is 4.90 Å². The highest BCUT2D eigenvalue weighted by molar-refractivity contribution is 8.04. The molecule has 1 heterocycles. The maximum Gasteiger partial charge on any atom is 0.265 e. The van der Waals surface area contributed by atoms with Crippen molar-refractivity contribution in [3.63, 3.8) is 0 Å². The number of rotatable bonds is 3. The molecule has 0 aliphatic carbocycles. The molecule has 0 spiro atoms. The molecule has 2 nitrogen and oxygen atoms in total. The molecule has 0 saturated carbocycles. The smallest absolute Gasteiger partial charge is 0.265 e. The van der Waals surface area contributed by atoms with Crippen LogP contribution >= 0.6 is 11.8 Å². The zero-order valence-electron chi connectivity index (χ0n) is 14.9. The molecule has 0 atom stereocenters. The van der Waals surface area contributed by atoms with E-state index in [-0.39, 0.29) is 18.3 Å². The highest BCUT2D eigenvalue weighted by Crippen LogP contribution is 2.42. The molecule has 0 unspecified atom stereocenters. The number of para-hydroxylation sites is 1. The van der Waals surface area contributed by atoms with Crippen LogP contribution < -0.4 is 4.90 Å². The van der Waals surface area contributed by atoms with Crippen molar-refractivity contribution in [1.29, 1.82) is 0 Å². The second-order valence-corrected chi connectivity index (χ2v) is 7.56. The number of hydrogen-bond donors (Lipinski definition) is 0. The summed E-state index contributed by atoms with van der Waals surface area (Å²) in [4.78, 5) is 16.5. The van der Waals surface area contributed by atoms with E-state index in [4.69, 9.17) is 0 Å². The van der Waals surface area contributed by atoms with Gasteiger partial charge in [-0.25, -0.2) is 4.39 Å². The molecule has 1 amide bonds. The Kier molecular flexibility index (Phi) is 4.82. The number of benzene rings is 3. The van der Waals surface area contributed by atoms with E-state index in [0.717, 1.165) is 16.1 Å². The third-order valence-corrected chi connectivity index (χ3v) is 5.57. The zero-order chi connectivity index (χ0) is 18.8. The topological polar surface area (TPSA) is 20.3 Å². The Morgan fingerprint density at radius 2 is 1.67 bits per heavy atom. The van der Waals surface area contributed by atoms with Gasteiger partial charge in [0.2, 0.25) is 0 Å². The minimum atomic E-state index is -0.301. The van der Waals surface area contributed by atoms with E-state index in [0.29, 0.717) is 10.5 Å². The monoisotopic (exact) mass is 375 g/mol. The fourth-order valence-corrected chi connectivity index (χ4v) is 4.09. The average Bonchev–Trinajstić information content (AvgIpc) is 2.68. The molecule has 0 saturated heterocycles. The van der Waals surface area contributed by atoms with Crippen LogP contribution in [0.2, 0.25) is 0 Å². The summed E-state index contributed by atoms with van der Waals surface area (Å²) in [5, 5.41) is 0. The van der Waals surface area contributed by atoms with Gasteiger partial charge in [-0.05, 0) is 36.8 Å². The molecular formula is C23H18FNOS. The van der Waals surface area contributed by atoms with Crippen LogP contribution in [0.25, 0.3) is 6.08 Å². The van der Waals surface area contributed by atoms with Crippen molar-refractivity contribution in [2.45, 2.75) is 18.4 Å². The first-order valence-electron chi connectivity index (χ1n) is 8.72. The number of carbonyl (C=O) groups is 1. The normalized spacial score (nSPS) is 15.1. The Morgan fingerprint density at radius 1 is 0.963 bits per heavy atom. The van der Waals surface area contributed by atoms with Crippen LogP contribution in [0, 0.1) is 12.7 Å². The lowest BCUT2D eigenvalue weighted by molar-refractivity contribution is -0.114. The molecule has 0 N–H and O–H groups in total. The van der Waals surface area contributed by atoms with Gasteiger partial charge in [0, 0.05) is 10.5 Å². The SMILES string of the molecule is Cc1ccc(/C=C2\Sc3ccccc3N(Cc3ccccc3F)C2=O)cc1. The minimum Gasteiger partial charge on any atom is -0.302 e. The van der Waals surface area contributed by atoms with Crippen LogP contribution in [-0.2, 0) is 11.3 Å². The van der Waals surface area contributed by atoms with E-state index < -0.39 is 0 Å². The lowest BCUT2D eigenvalue weighted by Crippen LogP contribution is -2.34. The highest BCUT2D eigenvalue weighted by atomic mass is 32.2. The Bertz CT molecular complexity index is 1030. The van der Waals surface area contributed by atoms with E-state index in [2.05, 4.69) is 0 Å². The maximum atomic E-state index is 14.2. The van der Waals surface area contributed by atoms with Crippen molar-refractivity contribution in [3.05, 3.63) is 100 Å². The molecule has 0 fully saturated rings. The van der Waals surface area contributed by atoms with Gasteiger partial charge in [0.05, 0.1) is 17.1 Å². The summed E-state index contributed by atoms with van der Waals surface area (Å²) in [7, 11) is 0. The molecule has 3 aromatic carbocycles. The van der Waals surface area contributed by atoms with E-state index >= 15 is 0 Å². The number of anilines is 1. The van der Waals surface area contributed by atoms with Crippen molar-refractivity contribution >= 4 is 29.4 Å². The van der Waals surface area contributed by atoms with Crippen LogP contribution in [0.3, 0.4) is 0 Å². The molecule has 4 heteroatoms. The van der Waals surface area contributed by atoms with Gasteiger partial charge in [-0.15, -0.1) is 0 Å². The van der Waals surface area contributed by atoms with Crippen molar-refractivity contribution in [1.82, 2.24) is 0 Å². The summed E-state index contributed by atoms with van der Waals surface area (Å²) < 4.78 is 14.2.